The molecule has 2 rings (SSSR count). The van der Waals surface area contributed by atoms with Crippen molar-refractivity contribution in [3.63, 3.8) is 0 Å². The highest BCUT2D eigenvalue weighted by molar-refractivity contribution is 6.36. The van der Waals surface area contributed by atoms with E-state index in [0.29, 0.717) is 15.7 Å². The Bertz CT molecular complexity index is 852. The van der Waals surface area contributed by atoms with Crippen molar-refractivity contribution in [1.82, 2.24) is 15.3 Å². The summed E-state index contributed by atoms with van der Waals surface area (Å²) in [4.78, 5) is 31.3. The third-order valence-corrected chi connectivity index (χ3v) is 3.25. The Kier molecular flexibility index (Phi) is 6.47. The Balaban J connectivity index is 2.20. The number of nitrogens with zero attached hydrogens (tertiary/aromatic N) is 3. The number of hydrazone groups is 1. The van der Waals surface area contributed by atoms with Gasteiger partial charge in [0.25, 0.3) is 5.91 Å². The summed E-state index contributed by atoms with van der Waals surface area (Å²) in [5.41, 5.74) is 2.70. The molecular formula is C15H11Cl2N5O3. The van der Waals surface area contributed by atoms with E-state index < -0.39 is 11.9 Å². The van der Waals surface area contributed by atoms with Crippen molar-refractivity contribution >= 4 is 46.6 Å². The smallest absolute Gasteiger partial charge is 0.364 e. The van der Waals surface area contributed by atoms with Crippen LogP contribution in [0.3, 0.4) is 0 Å². The number of nitrogens with one attached hydrogen (secondary N) is 2. The van der Waals surface area contributed by atoms with Gasteiger partial charge in [0.2, 0.25) is 0 Å². The van der Waals surface area contributed by atoms with Gasteiger partial charge in [0, 0.05) is 23.3 Å². The summed E-state index contributed by atoms with van der Waals surface area (Å²) in [5, 5.41) is 6.81. The number of halogens is 2. The molecule has 10 heteroatoms. The Hall–Kier alpha value is -2.93. The maximum absolute atomic E-state index is 12.0. The molecule has 0 atom stereocenters. The van der Waals surface area contributed by atoms with Crippen molar-refractivity contribution in [2.75, 3.05) is 12.5 Å². The maximum Gasteiger partial charge on any atom is 0.364 e. The van der Waals surface area contributed by atoms with E-state index in [1.165, 1.54) is 24.7 Å². The average molecular weight is 380 g/mol. The number of benzene rings is 1. The Morgan fingerprint density at radius 2 is 2.08 bits per heavy atom. The summed E-state index contributed by atoms with van der Waals surface area (Å²) in [5.74, 6) is 0.837. The van der Waals surface area contributed by atoms with Crippen LogP contribution in [0.2, 0.25) is 10.0 Å². The lowest BCUT2D eigenvalue weighted by Crippen LogP contribution is -2.29. The number of hydrogen-bond donors (Lipinski definition) is 2. The van der Waals surface area contributed by atoms with Crippen molar-refractivity contribution in [1.29, 1.82) is 0 Å². The standard InChI is InChI=1S/C15H11Cl2N5O3/c1-25-15(24)13(21-14(23)12-7-18-4-5-19-12)8-20-22-11-3-2-9(16)6-10(11)17/h2-7,22H,1H3,(H,21,23). The number of amides is 1. The highest BCUT2D eigenvalue weighted by Gasteiger charge is 2.16. The lowest BCUT2D eigenvalue weighted by molar-refractivity contribution is -0.136. The first-order valence-electron chi connectivity index (χ1n) is 6.70. The van der Waals surface area contributed by atoms with Crippen molar-refractivity contribution in [3.05, 3.63) is 58.2 Å². The average Bonchev–Trinajstić information content (AvgIpc) is 2.62. The third kappa shape index (κ3) is 5.29. The van der Waals surface area contributed by atoms with Crippen molar-refractivity contribution in [2.24, 2.45) is 5.10 Å². The first-order valence-corrected chi connectivity index (χ1v) is 7.46. The van der Waals surface area contributed by atoms with E-state index in [4.69, 9.17) is 23.2 Å². The molecule has 0 fully saturated rings. The zero-order chi connectivity index (χ0) is 18.2. The quantitative estimate of drug-likeness (QED) is 0.357. The van der Waals surface area contributed by atoms with Gasteiger partial charge in [-0.1, -0.05) is 23.2 Å². The number of methoxy groups -OCH3 is 1. The van der Waals surface area contributed by atoms with E-state index in [1.807, 2.05) is 0 Å². The molecule has 0 spiro atoms. The van der Waals surface area contributed by atoms with Gasteiger partial charge in [-0.05, 0) is 18.2 Å². The van der Waals surface area contributed by atoms with Crippen LogP contribution < -0.4 is 10.7 Å². The molecule has 0 saturated carbocycles. The van der Waals surface area contributed by atoms with Crippen molar-refractivity contribution < 1.29 is 14.3 Å². The molecular weight excluding hydrogens is 369 g/mol. The van der Waals surface area contributed by atoms with Gasteiger partial charge in [-0.15, -0.1) is 5.10 Å². The normalized spacial score (nSPS) is 9.56. The first kappa shape index (κ1) is 18.4. The molecule has 8 nitrogen and oxygen atoms in total. The van der Waals surface area contributed by atoms with E-state index >= 15 is 0 Å². The topological polar surface area (TPSA) is 106 Å². The largest absolute Gasteiger partial charge is 0.464 e. The summed E-state index contributed by atoms with van der Waals surface area (Å²) in [6.07, 6.45) is 4.00. The van der Waals surface area contributed by atoms with Crippen LogP contribution in [0.4, 0.5) is 5.69 Å². The Labute approximate surface area is 152 Å². The SMILES string of the molecule is COC(=O)C(=C=NNc1ccc(Cl)cc1Cl)NC(=O)c1cnccn1. The molecule has 1 aromatic carbocycles. The van der Waals surface area contributed by atoms with E-state index in [2.05, 4.69) is 36.4 Å². The lowest BCUT2D eigenvalue weighted by atomic mass is 10.3. The van der Waals surface area contributed by atoms with Crippen LogP contribution in [-0.4, -0.2) is 34.8 Å². The zero-order valence-corrected chi connectivity index (χ0v) is 14.3. The first-order chi connectivity index (χ1) is 12.0. The minimum absolute atomic E-state index is 0.0133. The predicted molar refractivity (Wildman–Crippen MR) is 92.5 cm³/mol. The molecule has 2 N–H and O–H groups in total. The van der Waals surface area contributed by atoms with Gasteiger partial charge in [0.15, 0.2) is 5.70 Å². The van der Waals surface area contributed by atoms with Crippen LogP contribution in [0.15, 0.2) is 47.6 Å². The molecule has 0 aliphatic heterocycles. The molecule has 0 unspecified atom stereocenters. The van der Waals surface area contributed by atoms with Crippen LogP contribution in [-0.2, 0) is 9.53 Å². The zero-order valence-electron chi connectivity index (χ0n) is 12.8. The van der Waals surface area contributed by atoms with E-state index in [-0.39, 0.29) is 11.4 Å². The van der Waals surface area contributed by atoms with Crippen LogP contribution in [0.1, 0.15) is 10.5 Å². The van der Waals surface area contributed by atoms with E-state index in [9.17, 15) is 9.59 Å². The second-order valence-corrected chi connectivity index (χ2v) is 5.21. The number of anilines is 1. The summed E-state index contributed by atoms with van der Waals surface area (Å²) in [6, 6.07) is 4.71. The molecule has 0 aliphatic rings. The van der Waals surface area contributed by atoms with Crippen molar-refractivity contribution in [2.45, 2.75) is 0 Å². The molecule has 0 radical (unpaired) electrons. The summed E-state index contributed by atoms with van der Waals surface area (Å²) >= 11 is 11.8. The predicted octanol–water partition coefficient (Wildman–Crippen LogP) is 2.27. The molecule has 0 aliphatic carbocycles. The third-order valence-electron chi connectivity index (χ3n) is 2.70. The number of ether oxygens (including phenoxy) is 1. The highest BCUT2D eigenvalue weighted by atomic mass is 35.5. The fraction of sp³-hybridized carbons (Fsp3) is 0.0667. The molecule has 2 aromatic rings. The molecule has 128 valence electrons. The van der Waals surface area contributed by atoms with Crippen LogP contribution in [0, 0.1) is 0 Å². The molecule has 1 aromatic heterocycles. The number of rotatable bonds is 5. The number of carbonyl (C=O) groups excluding carboxylic acids is 2. The van der Waals surface area contributed by atoms with Gasteiger partial charge in [-0.2, -0.15) is 0 Å². The number of hydrogen-bond acceptors (Lipinski definition) is 7. The Morgan fingerprint density at radius 3 is 2.72 bits per heavy atom. The summed E-state index contributed by atoms with van der Waals surface area (Å²) in [6.45, 7) is 0. The van der Waals surface area contributed by atoms with Gasteiger partial charge in [-0.25, -0.2) is 9.78 Å². The van der Waals surface area contributed by atoms with Crippen LogP contribution >= 0.6 is 23.2 Å². The fourth-order valence-electron chi connectivity index (χ4n) is 1.54. The molecule has 0 bridgehead atoms. The second kappa shape index (κ2) is 8.79. The summed E-state index contributed by atoms with van der Waals surface area (Å²) in [7, 11) is 1.15. The molecule has 0 saturated heterocycles. The van der Waals surface area contributed by atoms with Gasteiger partial charge in [0.1, 0.15) is 5.69 Å². The van der Waals surface area contributed by atoms with Gasteiger partial charge < -0.3 is 10.1 Å². The maximum atomic E-state index is 12.0. The van der Waals surface area contributed by atoms with Crippen LogP contribution in [0.5, 0.6) is 0 Å². The minimum atomic E-state index is -0.843. The number of aromatic nitrogens is 2. The van der Waals surface area contributed by atoms with E-state index in [1.54, 1.807) is 12.1 Å². The van der Waals surface area contributed by atoms with Gasteiger partial charge >= 0.3 is 5.97 Å². The molecule has 25 heavy (non-hydrogen) atoms. The monoisotopic (exact) mass is 379 g/mol. The Morgan fingerprint density at radius 1 is 1.28 bits per heavy atom. The molecule has 1 amide bonds. The van der Waals surface area contributed by atoms with Gasteiger partial charge in [0.05, 0.1) is 24.0 Å². The number of esters is 1. The minimum Gasteiger partial charge on any atom is -0.464 e. The van der Waals surface area contributed by atoms with E-state index in [0.717, 1.165) is 7.11 Å². The lowest BCUT2D eigenvalue weighted by Gasteiger charge is -2.05. The van der Waals surface area contributed by atoms with Crippen molar-refractivity contribution in [3.8, 4) is 0 Å². The van der Waals surface area contributed by atoms with Gasteiger partial charge in [-0.3, -0.25) is 15.2 Å². The summed E-state index contributed by atoms with van der Waals surface area (Å²) < 4.78 is 4.57. The highest BCUT2D eigenvalue weighted by Crippen LogP contribution is 2.25. The number of carbonyl (C=O) groups is 2. The molecule has 1 heterocycles. The second-order valence-electron chi connectivity index (χ2n) is 4.37. The fourth-order valence-corrected chi connectivity index (χ4v) is 2.00. The van der Waals surface area contributed by atoms with Crippen LogP contribution in [0.25, 0.3) is 0 Å².